The standard InChI is InChI=1S/C18H20ClFN2O.ClH/c19-16-7-4-8-17(20)15(16)13-18(23)22(12-10-21)11-9-14-5-2-1-3-6-14;/h1-8H,9-13,21H2;1H. The molecule has 0 fully saturated rings. The topological polar surface area (TPSA) is 46.3 Å². The molecule has 2 N–H and O–H groups in total. The van der Waals surface area contributed by atoms with Gasteiger partial charge in [-0.2, -0.15) is 0 Å². The van der Waals surface area contributed by atoms with Gasteiger partial charge in [0.1, 0.15) is 5.82 Å². The SMILES string of the molecule is Cl.NCCN(CCc1ccccc1)C(=O)Cc1c(F)cccc1Cl. The zero-order valence-electron chi connectivity index (χ0n) is 13.3. The van der Waals surface area contributed by atoms with Crippen molar-refractivity contribution < 1.29 is 9.18 Å². The van der Waals surface area contributed by atoms with Crippen molar-refractivity contribution in [2.45, 2.75) is 12.8 Å². The Morgan fingerprint density at radius 1 is 1.08 bits per heavy atom. The fourth-order valence-electron chi connectivity index (χ4n) is 2.39. The lowest BCUT2D eigenvalue weighted by molar-refractivity contribution is -0.130. The predicted octanol–water partition coefficient (Wildman–Crippen LogP) is 3.47. The number of halogens is 3. The summed E-state index contributed by atoms with van der Waals surface area (Å²) in [5.74, 6) is -0.625. The van der Waals surface area contributed by atoms with Crippen LogP contribution in [0.3, 0.4) is 0 Å². The van der Waals surface area contributed by atoms with Crippen LogP contribution in [0.4, 0.5) is 4.39 Å². The molecule has 0 radical (unpaired) electrons. The highest BCUT2D eigenvalue weighted by atomic mass is 35.5. The van der Waals surface area contributed by atoms with Crippen molar-refractivity contribution in [1.29, 1.82) is 0 Å². The Kier molecular flexibility index (Phi) is 8.76. The minimum absolute atomic E-state index is 0. The number of hydrogen-bond donors (Lipinski definition) is 1. The molecule has 1 amide bonds. The molecule has 3 nitrogen and oxygen atoms in total. The van der Waals surface area contributed by atoms with Crippen LogP contribution >= 0.6 is 24.0 Å². The maximum atomic E-state index is 13.8. The highest BCUT2D eigenvalue weighted by Gasteiger charge is 2.17. The number of amides is 1. The Morgan fingerprint density at radius 2 is 1.79 bits per heavy atom. The van der Waals surface area contributed by atoms with E-state index in [-0.39, 0.29) is 35.3 Å². The Bertz CT molecular complexity index is 632. The quantitative estimate of drug-likeness (QED) is 0.810. The average molecular weight is 371 g/mol. The van der Waals surface area contributed by atoms with Crippen LogP contribution < -0.4 is 5.73 Å². The second kappa shape index (κ2) is 10.3. The van der Waals surface area contributed by atoms with Crippen LogP contribution in [-0.4, -0.2) is 30.4 Å². The third-order valence-corrected chi connectivity index (χ3v) is 4.01. The van der Waals surface area contributed by atoms with E-state index in [4.69, 9.17) is 17.3 Å². The van der Waals surface area contributed by atoms with Crippen molar-refractivity contribution in [3.8, 4) is 0 Å². The largest absolute Gasteiger partial charge is 0.341 e. The van der Waals surface area contributed by atoms with E-state index in [1.54, 1.807) is 11.0 Å². The highest BCUT2D eigenvalue weighted by molar-refractivity contribution is 6.31. The van der Waals surface area contributed by atoms with Crippen LogP contribution in [0.25, 0.3) is 0 Å². The first-order valence-electron chi connectivity index (χ1n) is 7.56. The zero-order chi connectivity index (χ0) is 16.7. The third-order valence-electron chi connectivity index (χ3n) is 3.65. The molecule has 2 rings (SSSR count). The average Bonchev–Trinajstić information content (AvgIpc) is 2.56. The summed E-state index contributed by atoms with van der Waals surface area (Å²) in [6.45, 7) is 1.36. The first-order valence-corrected chi connectivity index (χ1v) is 7.94. The van der Waals surface area contributed by atoms with Crippen LogP contribution in [0.5, 0.6) is 0 Å². The van der Waals surface area contributed by atoms with Crippen molar-refractivity contribution >= 4 is 29.9 Å². The van der Waals surface area contributed by atoms with Gasteiger partial charge < -0.3 is 10.6 Å². The molecule has 24 heavy (non-hydrogen) atoms. The second-order valence-corrected chi connectivity index (χ2v) is 5.69. The van der Waals surface area contributed by atoms with Crippen LogP contribution in [0, 0.1) is 5.82 Å². The van der Waals surface area contributed by atoms with Gasteiger partial charge in [0.2, 0.25) is 5.91 Å². The van der Waals surface area contributed by atoms with Crippen LogP contribution in [0.2, 0.25) is 5.02 Å². The number of carbonyl (C=O) groups is 1. The molecule has 0 saturated carbocycles. The molecule has 2 aromatic rings. The maximum absolute atomic E-state index is 13.8. The molecular formula is C18H21Cl2FN2O. The first kappa shape index (κ1) is 20.4. The number of benzene rings is 2. The molecule has 130 valence electrons. The molecule has 0 atom stereocenters. The van der Waals surface area contributed by atoms with E-state index in [1.807, 2.05) is 30.3 Å². The molecule has 0 spiro atoms. The maximum Gasteiger partial charge on any atom is 0.227 e. The summed E-state index contributed by atoms with van der Waals surface area (Å²) in [6.07, 6.45) is 0.678. The summed E-state index contributed by atoms with van der Waals surface area (Å²) in [5.41, 5.74) is 6.98. The Labute approximate surface area is 153 Å². The number of hydrogen-bond acceptors (Lipinski definition) is 2. The number of rotatable bonds is 7. The van der Waals surface area contributed by atoms with E-state index in [9.17, 15) is 9.18 Å². The molecule has 0 unspecified atom stereocenters. The van der Waals surface area contributed by atoms with E-state index in [1.165, 1.54) is 12.1 Å². The van der Waals surface area contributed by atoms with E-state index >= 15 is 0 Å². The summed E-state index contributed by atoms with van der Waals surface area (Å²) in [6, 6.07) is 14.3. The minimum Gasteiger partial charge on any atom is -0.341 e. The second-order valence-electron chi connectivity index (χ2n) is 5.28. The van der Waals surface area contributed by atoms with E-state index in [0.29, 0.717) is 19.6 Å². The number of nitrogens with two attached hydrogens (primary N) is 1. The van der Waals surface area contributed by atoms with Gasteiger partial charge in [-0.1, -0.05) is 48.0 Å². The summed E-state index contributed by atoms with van der Waals surface area (Å²) in [5, 5.41) is 0.272. The Balaban J connectivity index is 0.00000288. The molecule has 0 aliphatic rings. The van der Waals surface area contributed by atoms with Gasteiger partial charge in [-0.05, 0) is 24.1 Å². The first-order chi connectivity index (χ1) is 11.1. The Hall–Kier alpha value is -1.62. The van der Waals surface area contributed by atoms with Crippen molar-refractivity contribution in [1.82, 2.24) is 4.90 Å². The van der Waals surface area contributed by atoms with E-state index in [0.717, 1.165) is 12.0 Å². The molecule has 0 bridgehead atoms. The van der Waals surface area contributed by atoms with Gasteiger partial charge in [0, 0.05) is 30.2 Å². The summed E-state index contributed by atoms with van der Waals surface area (Å²) in [4.78, 5) is 14.1. The van der Waals surface area contributed by atoms with Gasteiger partial charge in [-0.25, -0.2) is 4.39 Å². The van der Waals surface area contributed by atoms with E-state index < -0.39 is 5.82 Å². The normalized spacial score (nSPS) is 10.1. The Morgan fingerprint density at radius 3 is 2.42 bits per heavy atom. The lowest BCUT2D eigenvalue weighted by Crippen LogP contribution is -2.38. The number of nitrogens with zero attached hydrogens (tertiary/aromatic N) is 1. The zero-order valence-corrected chi connectivity index (χ0v) is 14.8. The predicted molar refractivity (Wildman–Crippen MR) is 98.1 cm³/mol. The molecule has 6 heteroatoms. The lowest BCUT2D eigenvalue weighted by Gasteiger charge is -2.22. The fraction of sp³-hybridized carbons (Fsp3) is 0.278. The monoisotopic (exact) mass is 370 g/mol. The molecule has 0 aromatic heterocycles. The lowest BCUT2D eigenvalue weighted by atomic mass is 10.1. The van der Waals surface area contributed by atoms with Gasteiger partial charge in [0.05, 0.1) is 6.42 Å². The van der Waals surface area contributed by atoms with Crippen molar-refractivity contribution in [3.05, 3.63) is 70.5 Å². The molecule has 0 aliphatic carbocycles. The summed E-state index contributed by atoms with van der Waals surface area (Å²) in [7, 11) is 0. The molecule has 0 saturated heterocycles. The summed E-state index contributed by atoms with van der Waals surface area (Å²) >= 11 is 5.99. The molecular weight excluding hydrogens is 350 g/mol. The van der Waals surface area contributed by atoms with Gasteiger partial charge in [0.25, 0.3) is 0 Å². The van der Waals surface area contributed by atoms with Gasteiger partial charge in [-0.15, -0.1) is 12.4 Å². The number of carbonyl (C=O) groups excluding carboxylic acids is 1. The van der Waals surface area contributed by atoms with Crippen molar-refractivity contribution in [2.24, 2.45) is 5.73 Å². The molecule has 2 aromatic carbocycles. The highest BCUT2D eigenvalue weighted by Crippen LogP contribution is 2.20. The van der Waals surface area contributed by atoms with Crippen LogP contribution in [0.15, 0.2) is 48.5 Å². The van der Waals surface area contributed by atoms with Crippen LogP contribution in [-0.2, 0) is 17.6 Å². The molecule has 0 aliphatic heterocycles. The van der Waals surface area contributed by atoms with Crippen molar-refractivity contribution in [3.63, 3.8) is 0 Å². The smallest absolute Gasteiger partial charge is 0.227 e. The fourth-order valence-corrected chi connectivity index (χ4v) is 2.62. The van der Waals surface area contributed by atoms with Gasteiger partial charge in [0.15, 0.2) is 0 Å². The van der Waals surface area contributed by atoms with E-state index in [2.05, 4.69) is 0 Å². The van der Waals surface area contributed by atoms with Gasteiger partial charge >= 0.3 is 0 Å². The van der Waals surface area contributed by atoms with Gasteiger partial charge in [-0.3, -0.25) is 4.79 Å². The third kappa shape index (κ3) is 5.78. The molecule has 0 heterocycles. The van der Waals surface area contributed by atoms with Crippen molar-refractivity contribution in [2.75, 3.05) is 19.6 Å². The minimum atomic E-state index is -0.457. The van der Waals surface area contributed by atoms with Crippen LogP contribution in [0.1, 0.15) is 11.1 Å². The summed E-state index contributed by atoms with van der Waals surface area (Å²) < 4.78 is 13.8.